The molecule has 0 aliphatic carbocycles. The van der Waals surface area contributed by atoms with Gasteiger partial charge in [0.2, 0.25) is 0 Å². The molecule has 1 aromatic carbocycles. The van der Waals surface area contributed by atoms with Crippen LogP contribution in [0.3, 0.4) is 0 Å². The van der Waals surface area contributed by atoms with E-state index in [1.54, 1.807) is 0 Å². The fraction of sp³-hybridized carbons (Fsp3) is 0.500. The number of hydrogen-bond acceptors (Lipinski definition) is 2. The van der Waals surface area contributed by atoms with Crippen molar-refractivity contribution in [2.45, 2.75) is 39.7 Å². The third kappa shape index (κ3) is 4.19. The van der Waals surface area contributed by atoms with E-state index in [1.165, 1.54) is 11.1 Å². The minimum atomic E-state index is 0.104. The molecule has 0 amide bonds. The van der Waals surface area contributed by atoms with Crippen LogP contribution in [0.25, 0.3) is 0 Å². The smallest absolute Gasteiger partial charge is 0.122 e. The van der Waals surface area contributed by atoms with Crippen LogP contribution in [0.2, 0.25) is 0 Å². The van der Waals surface area contributed by atoms with E-state index in [9.17, 15) is 0 Å². The Kier molecular flexibility index (Phi) is 5.93. The Balaban J connectivity index is 2.92. The third-order valence-corrected chi connectivity index (χ3v) is 2.89. The van der Waals surface area contributed by atoms with Gasteiger partial charge in [-0.2, -0.15) is 0 Å². The maximum Gasteiger partial charge on any atom is 0.122 e. The van der Waals surface area contributed by atoms with Gasteiger partial charge in [0.25, 0.3) is 0 Å². The van der Waals surface area contributed by atoms with Gasteiger partial charge in [-0.25, -0.2) is 0 Å². The van der Waals surface area contributed by atoms with Crippen LogP contribution in [-0.2, 0) is 6.42 Å². The number of allylic oxidation sites excluding steroid dienone is 1. The summed E-state index contributed by atoms with van der Waals surface area (Å²) in [4.78, 5) is 0. The average molecular weight is 247 g/mol. The van der Waals surface area contributed by atoms with Crippen molar-refractivity contribution < 1.29 is 4.74 Å². The van der Waals surface area contributed by atoms with Crippen LogP contribution in [-0.4, -0.2) is 6.61 Å². The summed E-state index contributed by atoms with van der Waals surface area (Å²) in [6.07, 6.45) is 3.66. The highest BCUT2D eigenvalue weighted by atomic mass is 16.5. The van der Waals surface area contributed by atoms with E-state index in [0.29, 0.717) is 5.92 Å². The first-order valence-corrected chi connectivity index (χ1v) is 6.70. The number of benzene rings is 1. The van der Waals surface area contributed by atoms with Gasteiger partial charge in [0.15, 0.2) is 0 Å². The van der Waals surface area contributed by atoms with Gasteiger partial charge in [0.05, 0.1) is 6.61 Å². The molecule has 0 aliphatic rings. The summed E-state index contributed by atoms with van der Waals surface area (Å²) in [7, 11) is 0. The van der Waals surface area contributed by atoms with Crippen LogP contribution < -0.4 is 10.5 Å². The molecule has 2 N–H and O–H groups in total. The van der Waals surface area contributed by atoms with E-state index in [4.69, 9.17) is 10.5 Å². The maximum absolute atomic E-state index is 6.06. The first-order chi connectivity index (χ1) is 8.58. The number of ether oxygens (including phenoxy) is 1. The molecule has 0 aliphatic heterocycles. The normalized spacial score (nSPS) is 12.5. The van der Waals surface area contributed by atoms with Gasteiger partial charge in [-0.15, -0.1) is 6.58 Å². The van der Waals surface area contributed by atoms with Gasteiger partial charge in [0.1, 0.15) is 5.75 Å². The molecule has 0 heterocycles. The molecule has 0 saturated heterocycles. The van der Waals surface area contributed by atoms with Crippen molar-refractivity contribution in [1.29, 1.82) is 0 Å². The van der Waals surface area contributed by atoms with Crippen molar-refractivity contribution in [1.82, 2.24) is 0 Å². The zero-order chi connectivity index (χ0) is 13.5. The first-order valence-electron chi connectivity index (χ1n) is 6.70. The van der Waals surface area contributed by atoms with Crippen molar-refractivity contribution in [2.24, 2.45) is 11.7 Å². The minimum absolute atomic E-state index is 0.104. The molecule has 1 rings (SSSR count). The van der Waals surface area contributed by atoms with Gasteiger partial charge in [0, 0.05) is 6.04 Å². The van der Waals surface area contributed by atoms with E-state index < -0.39 is 0 Å². The Morgan fingerprint density at radius 3 is 2.67 bits per heavy atom. The Morgan fingerprint density at radius 2 is 2.11 bits per heavy atom. The molecule has 1 atom stereocenters. The van der Waals surface area contributed by atoms with Gasteiger partial charge < -0.3 is 10.5 Å². The maximum atomic E-state index is 6.06. The summed E-state index contributed by atoms with van der Waals surface area (Å²) in [6.45, 7) is 10.9. The number of nitrogens with two attached hydrogens (primary N) is 1. The van der Waals surface area contributed by atoms with E-state index in [-0.39, 0.29) is 6.04 Å². The fourth-order valence-corrected chi connectivity index (χ4v) is 1.78. The van der Waals surface area contributed by atoms with E-state index in [2.05, 4.69) is 39.5 Å². The standard InChI is InChI=1S/C16H25NO/c1-5-7-14-10-13(15(17)6-2)8-9-16(14)18-11-12(3)4/h5,8-10,12,15H,1,6-7,11,17H2,2-4H3. The Bertz CT molecular complexity index is 385. The second-order valence-electron chi connectivity index (χ2n) is 5.08. The molecule has 100 valence electrons. The summed E-state index contributed by atoms with van der Waals surface area (Å²) in [6, 6.07) is 6.35. The predicted octanol–water partition coefficient (Wildman–Crippen LogP) is 3.86. The van der Waals surface area contributed by atoms with Gasteiger partial charge in [-0.05, 0) is 36.0 Å². The highest BCUT2D eigenvalue weighted by Gasteiger charge is 2.09. The molecule has 18 heavy (non-hydrogen) atoms. The molecule has 0 saturated carbocycles. The Morgan fingerprint density at radius 1 is 1.39 bits per heavy atom. The highest BCUT2D eigenvalue weighted by Crippen LogP contribution is 2.25. The second kappa shape index (κ2) is 7.22. The largest absolute Gasteiger partial charge is 0.493 e. The monoisotopic (exact) mass is 247 g/mol. The predicted molar refractivity (Wildman–Crippen MR) is 77.9 cm³/mol. The van der Waals surface area contributed by atoms with Crippen LogP contribution in [0.15, 0.2) is 30.9 Å². The van der Waals surface area contributed by atoms with E-state index >= 15 is 0 Å². The number of hydrogen-bond donors (Lipinski definition) is 1. The molecule has 0 aromatic heterocycles. The summed E-state index contributed by atoms with van der Waals surface area (Å²) in [5, 5.41) is 0. The van der Waals surface area contributed by atoms with Crippen molar-refractivity contribution >= 4 is 0 Å². The Labute approximate surface area is 111 Å². The second-order valence-corrected chi connectivity index (χ2v) is 5.08. The van der Waals surface area contributed by atoms with Crippen LogP contribution >= 0.6 is 0 Å². The molecule has 0 radical (unpaired) electrons. The van der Waals surface area contributed by atoms with Crippen LogP contribution in [0, 0.1) is 5.92 Å². The van der Waals surface area contributed by atoms with Crippen molar-refractivity contribution in [2.75, 3.05) is 6.61 Å². The lowest BCUT2D eigenvalue weighted by Crippen LogP contribution is -2.10. The lowest BCUT2D eigenvalue weighted by Gasteiger charge is -2.16. The van der Waals surface area contributed by atoms with E-state index in [0.717, 1.165) is 25.2 Å². The number of rotatable bonds is 7. The van der Waals surface area contributed by atoms with Crippen molar-refractivity contribution in [3.05, 3.63) is 42.0 Å². The molecule has 0 fully saturated rings. The SMILES string of the molecule is C=CCc1cc(C(N)CC)ccc1OCC(C)C. The lowest BCUT2D eigenvalue weighted by molar-refractivity contribution is 0.269. The van der Waals surface area contributed by atoms with E-state index in [1.807, 2.05) is 12.1 Å². The van der Waals surface area contributed by atoms with Gasteiger partial charge in [-0.3, -0.25) is 0 Å². The highest BCUT2D eigenvalue weighted by molar-refractivity contribution is 5.39. The zero-order valence-corrected chi connectivity index (χ0v) is 11.8. The molecule has 1 unspecified atom stereocenters. The lowest BCUT2D eigenvalue weighted by atomic mass is 10.0. The van der Waals surface area contributed by atoms with Crippen molar-refractivity contribution in [3.63, 3.8) is 0 Å². The first kappa shape index (κ1) is 14.8. The summed E-state index contributed by atoms with van der Waals surface area (Å²) < 4.78 is 5.83. The fourth-order valence-electron chi connectivity index (χ4n) is 1.78. The molecule has 2 heteroatoms. The molecule has 2 nitrogen and oxygen atoms in total. The minimum Gasteiger partial charge on any atom is -0.493 e. The van der Waals surface area contributed by atoms with Gasteiger partial charge in [-0.1, -0.05) is 39.0 Å². The average Bonchev–Trinajstić information content (AvgIpc) is 2.36. The summed E-state index contributed by atoms with van der Waals surface area (Å²) >= 11 is 0. The zero-order valence-electron chi connectivity index (χ0n) is 11.8. The third-order valence-electron chi connectivity index (χ3n) is 2.89. The molecular weight excluding hydrogens is 222 g/mol. The van der Waals surface area contributed by atoms with Crippen LogP contribution in [0.5, 0.6) is 5.75 Å². The van der Waals surface area contributed by atoms with Crippen LogP contribution in [0.4, 0.5) is 0 Å². The quantitative estimate of drug-likeness (QED) is 0.743. The summed E-state index contributed by atoms with van der Waals surface area (Å²) in [5.41, 5.74) is 8.41. The molecule has 1 aromatic rings. The van der Waals surface area contributed by atoms with Gasteiger partial charge >= 0.3 is 0 Å². The summed E-state index contributed by atoms with van der Waals surface area (Å²) in [5.74, 6) is 1.48. The molecule has 0 bridgehead atoms. The van der Waals surface area contributed by atoms with Crippen molar-refractivity contribution in [3.8, 4) is 5.75 Å². The van der Waals surface area contributed by atoms with Crippen LogP contribution in [0.1, 0.15) is 44.4 Å². The Hall–Kier alpha value is -1.28. The molecular formula is C16H25NO. The molecule has 0 spiro atoms. The topological polar surface area (TPSA) is 35.2 Å².